The molecule has 0 amide bonds. The van der Waals surface area contributed by atoms with Crippen molar-refractivity contribution in [3.8, 4) is 0 Å². The molecule has 3 rings (SSSR count). The zero-order valence-corrected chi connectivity index (χ0v) is 18.9. The van der Waals surface area contributed by atoms with E-state index in [1.54, 1.807) is 0 Å². The second-order valence-corrected chi connectivity index (χ2v) is 12.9. The number of benzene rings is 2. The number of ketones is 1. The number of aliphatic hydroxyl groups excluding tert-OH is 1. The maximum absolute atomic E-state index is 13.9. The van der Waals surface area contributed by atoms with E-state index in [4.69, 9.17) is 4.74 Å². The molecule has 1 aliphatic carbocycles. The fourth-order valence-corrected chi connectivity index (χ4v) is 9.60. The minimum atomic E-state index is -2.33. The lowest BCUT2D eigenvalue weighted by Gasteiger charge is -2.35. The predicted molar refractivity (Wildman–Crippen MR) is 122 cm³/mol. The van der Waals surface area contributed by atoms with E-state index < -0.39 is 13.7 Å². The Bertz CT molecular complexity index is 753. The fourth-order valence-electron chi connectivity index (χ4n) is 5.11. The van der Waals surface area contributed by atoms with Gasteiger partial charge in [-0.2, -0.15) is 0 Å². The number of rotatable bonds is 9. The van der Waals surface area contributed by atoms with Crippen molar-refractivity contribution >= 4 is 24.2 Å². The van der Waals surface area contributed by atoms with Crippen LogP contribution in [0.15, 0.2) is 60.7 Å². The fraction of sp³-hybridized carbons (Fsp3) is 0.480. The molecular formula is C25H34O3Si. The van der Waals surface area contributed by atoms with Crippen LogP contribution in [-0.2, 0) is 9.53 Å². The first-order chi connectivity index (χ1) is 14.0. The smallest absolute Gasteiger partial charge is 0.140 e. The Morgan fingerprint density at radius 3 is 2.10 bits per heavy atom. The van der Waals surface area contributed by atoms with Crippen LogP contribution >= 0.6 is 0 Å². The lowest BCUT2D eigenvalue weighted by atomic mass is 9.87. The zero-order valence-electron chi connectivity index (χ0n) is 17.9. The molecule has 1 N–H and O–H groups in total. The summed E-state index contributed by atoms with van der Waals surface area (Å²) in [5.41, 5.74) is -0.532. The van der Waals surface area contributed by atoms with E-state index in [1.165, 1.54) is 10.4 Å². The molecule has 3 unspecified atom stereocenters. The number of carbonyl (C=O) groups excluding carboxylic acids is 1. The highest BCUT2D eigenvalue weighted by Crippen LogP contribution is 2.48. The number of unbranched alkanes of at least 4 members (excludes halogenated alkanes) is 1. The third-order valence-corrected chi connectivity index (χ3v) is 11.8. The molecular weight excluding hydrogens is 376 g/mol. The lowest BCUT2D eigenvalue weighted by Crippen LogP contribution is -2.60. The zero-order chi connectivity index (χ0) is 20.9. The molecule has 2 aromatic rings. The van der Waals surface area contributed by atoms with E-state index >= 15 is 0 Å². The number of hydrogen-bond donors (Lipinski definition) is 1. The lowest BCUT2D eigenvalue weighted by molar-refractivity contribution is -0.128. The molecule has 0 saturated heterocycles. The predicted octanol–water partition coefficient (Wildman–Crippen LogP) is 3.80. The maximum atomic E-state index is 13.9. The summed E-state index contributed by atoms with van der Waals surface area (Å²) >= 11 is 0. The van der Waals surface area contributed by atoms with Crippen molar-refractivity contribution in [3.63, 3.8) is 0 Å². The number of Topliss-reactive ketones (excluding diaryl/α,β-unsaturated/α-hetero) is 1. The van der Waals surface area contributed by atoms with Crippen molar-refractivity contribution in [2.45, 2.75) is 57.2 Å². The van der Waals surface area contributed by atoms with Gasteiger partial charge in [0.05, 0.1) is 18.8 Å². The van der Waals surface area contributed by atoms with Crippen LogP contribution in [0.2, 0.25) is 12.1 Å². The van der Waals surface area contributed by atoms with Gasteiger partial charge in [0.25, 0.3) is 0 Å². The first kappa shape index (κ1) is 21.9. The van der Waals surface area contributed by atoms with Gasteiger partial charge in [-0.25, -0.2) is 0 Å². The van der Waals surface area contributed by atoms with E-state index in [9.17, 15) is 9.90 Å². The van der Waals surface area contributed by atoms with Crippen LogP contribution in [0.25, 0.3) is 0 Å². The summed E-state index contributed by atoms with van der Waals surface area (Å²) in [6.07, 6.45) is 3.68. The van der Waals surface area contributed by atoms with Crippen LogP contribution in [0, 0.1) is 5.92 Å². The summed E-state index contributed by atoms with van der Waals surface area (Å²) in [6.45, 7) is 6.87. The van der Waals surface area contributed by atoms with Crippen LogP contribution in [0.5, 0.6) is 0 Å². The Morgan fingerprint density at radius 2 is 1.62 bits per heavy atom. The van der Waals surface area contributed by atoms with Crippen molar-refractivity contribution in [1.29, 1.82) is 0 Å². The first-order valence-corrected chi connectivity index (χ1v) is 13.4. The van der Waals surface area contributed by atoms with Gasteiger partial charge in [-0.3, -0.25) is 4.79 Å². The van der Waals surface area contributed by atoms with Gasteiger partial charge in [0, 0.05) is 11.5 Å². The molecule has 29 heavy (non-hydrogen) atoms. The van der Waals surface area contributed by atoms with Gasteiger partial charge < -0.3 is 9.84 Å². The Labute approximate surface area is 176 Å². The second-order valence-electron chi connectivity index (χ2n) is 8.67. The summed E-state index contributed by atoms with van der Waals surface area (Å²) in [4.78, 5) is 13.9. The summed E-state index contributed by atoms with van der Waals surface area (Å²) in [6, 6.07) is 21.2. The minimum Gasteiger partial charge on any atom is -0.394 e. The van der Waals surface area contributed by atoms with Crippen LogP contribution in [-0.4, -0.2) is 37.8 Å². The highest BCUT2D eigenvalue weighted by molar-refractivity contribution is 7.04. The van der Waals surface area contributed by atoms with Gasteiger partial charge in [-0.15, -0.1) is 0 Å². The Kier molecular flexibility index (Phi) is 7.09. The highest BCUT2D eigenvalue weighted by Gasteiger charge is 2.57. The average Bonchev–Trinajstić information content (AvgIpc) is 3.02. The molecule has 3 nitrogen and oxygen atoms in total. The monoisotopic (exact) mass is 410 g/mol. The number of ether oxygens (including phenoxy) is 1. The van der Waals surface area contributed by atoms with E-state index in [1.807, 2.05) is 12.1 Å². The molecule has 0 bridgehead atoms. The van der Waals surface area contributed by atoms with Crippen molar-refractivity contribution in [3.05, 3.63) is 60.7 Å². The quantitative estimate of drug-likeness (QED) is 0.640. The highest BCUT2D eigenvalue weighted by atomic mass is 28.3. The van der Waals surface area contributed by atoms with Crippen LogP contribution in [0.1, 0.15) is 39.5 Å². The summed E-state index contributed by atoms with van der Waals surface area (Å²) in [7, 11) is -2.33. The molecule has 0 aliphatic heterocycles. The van der Waals surface area contributed by atoms with Crippen molar-refractivity contribution in [2.24, 2.45) is 5.92 Å². The molecule has 2 aromatic carbocycles. The number of carbonyl (C=O) groups is 1. The summed E-state index contributed by atoms with van der Waals surface area (Å²) in [5.74, 6) is 0.263. The van der Waals surface area contributed by atoms with Gasteiger partial charge in [-0.05, 0) is 19.8 Å². The minimum absolute atomic E-state index is 0.0129. The molecule has 1 saturated carbocycles. The standard InChI is InChI=1S/C25H34O3Si/c1-4-5-16-22-24(27)23(19-25(22,2)28-18-17-26)29(3,20-12-8-6-9-13-20)21-14-10-7-11-15-21/h6-15,22-23,26H,4-5,16-19H2,1-3H3. The molecule has 0 spiro atoms. The molecule has 156 valence electrons. The SMILES string of the molecule is CCCCC1C(=O)C([Si](C)(c2ccccc2)c2ccccc2)CC1(C)OCCO. The number of hydrogen-bond acceptors (Lipinski definition) is 3. The number of aliphatic hydroxyl groups is 1. The molecule has 3 atom stereocenters. The maximum Gasteiger partial charge on any atom is 0.140 e. The Morgan fingerprint density at radius 1 is 1.07 bits per heavy atom. The normalized spacial score (nSPS) is 24.8. The average molecular weight is 411 g/mol. The molecule has 1 fully saturated rings. The second kappa shape index (κ2) is 9.37. The Hall–Kier alpha value is -1.75. The van der Waals surface area contributed by atoms with Crippen LogP contribution in [0.3, 0.4) is 0 Å². The van der Waals surface area contributed by atoms with Crippen LogP contribution < -0.4 is 10.4 Å². The summed E-state index contributed by atoms with van der Waals surface area (Å²) < 4.78 is 6.17. The summed E-state index contributed by atoms with van der Waals surface area (Å²) in [5, 5.41) is 11.9. The van der Waals surface area contributed by atoms with Gasteiger partial charge in [0.1, 0.15) is 13.9 Å². The Balaban J connectivity index is 2.07. The van der Waals surface area contributed by atoms with Gasteiger partial charge in [0.2, 0.25) is 0 Å². The molecule has 4 heteroatoms. The molecule has 0 aromatic heterocycles. The largest absolute Gasteiger partial charge is 0.394 e. The van der Waals surface area contributed by atoms with Crippen molar-refractivity contribution in [2.75, 3.05) is 13.2 Å². The van der Waals surface area contributed by atoms with Gasteiger partial charge >= 0.3 is 0 Å². The first-order valence-electron chi connectivity index (χ1n) is 10.9. The third-order valence-electron chi connectivity index (χ3n) is 6.85. The van der Waals surface area contributed by atoms with E-state index in [2.05, 4.69) is 68.9 Å². The molecule has 0 radical (unpaired) electrons. The topological polar surface area (TPSA) is 46.5 Å². The van der Waals surface area contributed by atoms with Gasteiger partial charge in [0.15, 0.2) is 0 Å². The van der Waals surface area contributed by atoms with E-state index in [-0.39, 0.29) is 24.7 Å². The molecule has 1 aliphatic rings. The third kappa shape index (κ3) is 4.25. The van der Waals surface area contributed by atoms with Gasteiger partial charge in [-0.1, -0.05) is 97.3 Å². The van der Waals surface area contributed by atoms with Crippen molar-refractivity contribution in [1.82, 2.24) is 0 Å². The van der Waals surface area contributed by atoms with E-state index in [0.29, 0.717) is 5.78 Å². The van der Waals surface area contributed by atoms with Crippen molar-refractivity contribution < 1.29 is 14.6 Å². The molecule has 0 heterocycles. The van der Waals surface area contributed by atoms with E-state index in [0.717, 1.165) is 25.7 Å². The van der Waals surface area contributed by atoms with Crippen LogP contribution in [0.4, 0.5) is 0 Å².